The third kappa shape index (κ3) is 2.71. The minimum atomic E-state index is 0.213. The quantitative estimate of drug-likeness (QED) is 0.682. The van der Waals surface area contributed by atoms with Gasteiger partial charge < -0.3 is 10.8 Å². The standard InChI is InChI=1S/C8H12N2OS/c9-8-7(2-1-3-10-8)6-12-5-4-11/h1-3,11H,4-6H2,(H2,9,10). The monoisotopic (exact) mass is 184 g/mol. The molecule has 0 aliphatic heterocycles. The fraction of sp³-hybridized carbons (Fsp3) is 0.375. The van der Waals surface area contributed by atoms with Crippen LogP contribution < -0.4 is 5.73 Å². The summed E-state index contributed by atoms with van der Waals surface area (Å²) in [6.45, 7) is 0.213. The molecule has 1 heterocycles. The highest BCUT2D eigenvalue weighted by Gasteiger charge is 1.97. The molecule has 0 atom stereocenters. The molecular formula is C8H12N2OS. The summed E-state index contributed by atoms with van der Waals surface area (Å²) in [7, 11) is 0. The summed E-state index contributed by atoms with van der Waals surface area (Å²) in [6.07, 6.45) is 1.68. The highest BCUT2D eigenvalue weighted by molar-refractivity contribution is 7.98. The second kappa shape index (κ2) is 5.00. The third-order valence-corrected chi connectivity index (χ3v) is 2.41. The van der Waals surface area contributed by atoms with Crippen LogP contribution >= 0.6 is 11.8 Å². The maximum atomic E-state index is 8.55. The van der Waals surface area contributed by atoms with Gasteiger partial charge in [-0.25, -0.2) is 4.98 Å². The summed E-state index contributed by atoms with van der Waals surface area (Å²) in [5.74, 6) is 2.15. The van der Waals surface area contributed by atoms with E-state index in [-0.39, 0.29) is 6.61 Å². The molecule has 0 aromatic carbocycles. The first-order valence-corrected chi connectivity index (χ1v) is 4.88. The molecule has 0 radical (unpaired) electrons. The zero-order valence-corrected chi connectivity index (χ0v) is 7.55. The van der Waals surface area contributed by atoms with E-state index in [2.05, 4.69) is 4.98 Å². The Bertz CT molecular complexity index is 242. The van der Waals surface area contributed by atoms with Crippen LogP contribution in [0.2, 0.25) is 0 Å². The van der Waals surface area contributed by atoms with E-state index >= 15 is 0 Å². The highest BCUT2D eigenvalue weighted by atomic mass is 32.2. The van der Waals surface area contributed by atoms with Gasteiger partial charge in [0.05, 0.1) is 6.61 Å². The van der Waals surface area contributed by atoms with E-state index in [1.165, 1.54) is 0 Å². The number of nitrogens with two attached hydrogens (primary N) is 1. The number of pyridine rings is 1. The van der Waals surface area contributed by atoms with Gasteiger partial charge >= 0.3 is 0 Å². The molecule has 1 aromatic heterocycles. The van der Waals surface area contributed by atoms with Gasteiger partial charge in [-0.3, -0.25) is 0 Å². The Balaban J connectivity index is 2.46. The van der Waals surface area contributed by atoms with Crippen molar-refractivity contribution < 1.29 is 5.11 Å². The summed E-state index contributed by atoms with van der Waals surface area (Å²) in [5.41, 5.74) is 6.65. The highest BCUT2D eigenvalue weighted by Crippen LogP contribution is 2.15. The molecule has 0 saturated heterocycles. The molecular weight excluding hydrogens is 172 g/mol. The first kappa shape index (κ1) is 9.35. The van der Waals surface area contributed by atoms with E-state index in [0.29, 0.717) is 5.82 Å². The van der Waals surface area contributed by atoms with E-state index < -0.39 is 0 Å². The van der Waals surface area contributed by atoms with E-state index in [1.54, 1.807) is 18.0 Å². The van der Waals surface area contributed by atoms with Crippen molar-refractivity contribution in [1.82, 2.24) is 4.98 Å². The third-order valence-electron chi connectivity index (χ3n) is 1.42. The lowest BCUT2D eigenvalue weighted by Gasteiger charge is -2.02. The summed E-state index contributed by atoms with van der Waals surface area (Å²) in [6, 6.07) is 3.82. The average molecular weight is 184 g/mol. The fourth-order valence-corrected chi connectivity index (χ4v) is 1.56. The summed E-state index contributed by atoms with van der Waals surface area (Å²) in [5, 5.41) is 8.55. The Morgan fingerprint density at radius 1 is 1.58 bits per heavy atom. The molecule has 0 aliphatic rings. The van der Waals surface area contributed by atoms with Gasteiger partial charge in [0.25, 0.3) is 0 Å². The zero-order valence-electron chi connectivity index (χ0n) is 6.73. The Hall–Kier alpha value is -0.740. The van der Waals surface area contributed by atoms with Crippen molar-refractivity contribution in [2.24, 2.45) is 0 Å². The van der Waals surface area contributed by atoms with Gasteiger partial charge in [-0.05, 0) is 6.07 Å². The van der Waals surface area contributed by atoms with E-state index in [0.717, 1.165) is 17.1 Å². The maximum absolute atomic E-state index is 8.55. The Morgan fingerprint density at radius 2 is 2.42 bits per heavy atom. The molecule has 66 valence electrons. The number of aliphatic hydroxyl groups is 1. The number of anilines is 1. The zero-order chi connectivity index (χ0) is 8.81. The largest absolute Gasteiger partial charge is 0.396 e. The number of thioether (sulfide) groups is 1. The minimum absolute atomic E-state index is 0.213. The second-order valence-corrected chi connectivity index (χ2v) is 3.43. The normalized spacial score (nSPS) is 10.1. The molecule has 3 N–H and O–H groups in total. The molecule has 0 spiro atoms. The molecule has 0 unspecified atom stereocenters. The molecule has 0 bridgehead atoms. The number of hydrogen-bond donors (Lipinski definition) is 2. The number of aliphatic hydroxyl groups excluding tert-OH is 1. The van der Waals surface area contributed by atoms with E-state index in [9.17, 15) is 0 Å². The molecule has 1 rings (SSSR count). The van der Waals surface area contributed by atoms with Crippen LogP contribution in [0, 0.1) is 0 Å². The maximum Gasteiger partial charge on any atom is 0.127 e. The van der Waals surface area contributed by atoms with Crippen LogP contribution in [0.25, 0.3) is 0 Å². The summed E-state index contributed by atoms with van der Waals surface area (Å²) in [4.78, 5) is 3.96. The minimum Gasteiger partial charge on any atom is -0.396 e. The van der Waals surface area contributed by atoms with Gasteiger partial charge in [0.15, 0.2) is 0 Å². The van der Waals surface area contributed by atoms with Gasteiger partial charge in [-0.1, -0.05) is 6.07 Å². The average Bonchev–Trinajstić information content (AvgIpc) is 2.09. The van der Waals surface area contributed by atoms with Crippen molar-refractivity contribution in [2.75, 3.05) is 18.1 Å². The molecule has 0 saturated carbocycles. The van der Waals surface area contributed by atoms with Crippen molar-refractivity contribution in [3.8, 4) is 0 Å². The second-order valence-electron chi connectivity index (χ2n) is 2.32. The van der Waals surface area contributed by atoms with Crippen LogP contribution in [0.15, 0.2) is 18.3 Å². The molecule has 0 aliphatic carbocycles. The van der Waals surface area contributed by atoms with Crippen molar-refractivity contribution >= 4 is 17.6 Å². The van der Waals surface area contributed by atoms with E-state index in [1.807, 2.05) is 12.1 Å². The smallest absolute Gasteiger partial charge is 0.127 e. The lowest BCUT2D eigenvalue weighted by atomic mass is 10.3. The summed E-state index contributed by atoms with van der Waals surface area (Å²) < 4.78 is 0. The number of rotatable bonds is 4. The first-order valence-electron chi connectivity index (χ1n) is 3.72. The van der Waals surface area contributed by atoms with Gasteiger partial charge in [0.2, 0.25) is 0 Å². The van der Waals surface area contributed by atoms with Crippen molar-refractivity contribution in [3.63, 3.8) is 0 Å². The predicted molar refractivity (Wildman–Crippen MR) is 51.9 cm³/mol. The van der Waals surface area contributed by atoms with Gasteiger partial charge in [-0.2, -0.15) is 11.8 Å². The van der Waals surface area contributed by atoms with Crippen molar-refractivity contribution in [1.29, 1.82) is 0 Å². The Labute approximate surface area is 76.0 Å². The van der Waals surface area contributed by atoms with Gasteiger partial charge in [0, 0.05) is 23.3 Å². The van der Waals surface area contributed by atoms with Gasteiger partial charge in [-0.15, -0.1) is 0 Å². The molecule has 1 aromatic rings. The van der Waals surface area contributed by atoms with Crippen LogP contribution in [0.3, 0.4) is 0 Å². The molecule has 0 amide bonds. The topological polar surface area (TPSA) is 59.1 Å². The molecule has 4 heteroatoms. The van der Waals surface area contributed by atoms with E-state index in [4.69, 9.17) is 10.8 Å². The van der Waals surface area contributed by atoms with Crippen LogP contribution in [0.1, 0.15) is 5.56 Å². The molecule has 12 heavy (non-hydrogen) atoms. The Morgan fingerprint density at radius 3 is 3.08 bits per heavy atom. The first-order chi connectivity index (χ1) is 5.84. The van der Waals surface area contributed by atoms with Crippen LogP contribution in [-0.4, -0.2) is 22.5 Å². The lowest BCUT2D eigenvalue weighted by Crippen LogP contribution is -1.96. The lowest BCUT2D eigenvalue weighted by molar-refractivity contribution is 0.322. The van der Waals surface area contributed by atoms with Crippen LogP contribution in [0.4, 0.5) is 5.82 Å². The SMILES string of the molecule is Nc1ncccc1CSCCO. The fourth-order valence-electron chi connectivity index (χ4n) is 0.820. The Kier molecular flexibility index (Phi) is 3.90. The number of hydrogen-bond acceptors (Lipinski definition) is 4. The van der Waals surface area contributed by atoms with Crippen molar-refractivity contribution in [3.05, 3.63) is 23.9 Å². The molecule has 3 nitrogen and oxygen atoms in total. The van der Waals surface area contributed by atoms with Gasteiger partial charge in [0.1, 0.15) is 5.82 Å². The van der Waals surface area contributed by atoms with Crippen molar-refractivity contribution in [2.45, 2.75) is 5.75 Å². The van der Waals surface area contributed by atoms with Crippen LogP contribution in [0.5, 0.6) is 0 Å². The summed E-state index contributed by atoms with van der Waals surface area (Å²) >= 11 is 1.65. The number of nitrogen functional groups attached to an aromatic ring is 1. The number of aromatic nitrogens is 1. The number of nitrogens with zero attached hydrogens (tertiary/aromatic N) is 1. The van der Waals surface area contributed by atoms with Crippen LogP contribution in [-0.2, 0) is 5.75 Å². The molecule has 0 fully saturated rings. The predicted octanol–water partition coefficient (Wildman–Crippen LogP) is 0.889.